The number of rotatable bonds is 4. The van der Waals surface area contributed by atoms with Crippen LogP contribution in [-0.2, 0) is 14.8 Å². The molecule has 3 rings (SSSR count). The van der Waals surface area contributed by atoms with Gasteiger partial charge in [-0.25, -0.2) is 4.39 Å². The Hall–Kier alpha value is -2.74. The fourth-order valence-corrected chi connectivity index (χ4v) is 4.19. The van der Waals surface area contributed by atoms with Crippen LogP contribution in [0.1, 0.15) is 24.1 Å². The Bertz CT molecular complexity index is 1000. The van der Waals surface area contributed by atoms with Gasteiger partial charge in [-0.2, -0.15) is 8.42 Å². The van der Waals surface area contributed by atoms with Crippen molar-refractivity contribution in [3.63, 3.8) is 0 Å². The molecular formula is C19H20FN3O3S. The Labute approximate surface area is 158 Å². The maximum absolute atomic E-state index is 13.1. The van der Waals surface area contributed by atoms with E-state index in [-0.39, 0.29) is 35.0 Å². The number of carbonyl (C=O) groups excluding carboxylic acids is 1. The van der Waals surface area contributed by atoms with Gasteiger partial charge in [-0.05, 0) is 36.8 Å². The van der Waals surface area contributed by atoms with E-state index in [0.29, 0.717) is 5.56 Å². The zero-order valence-corrected chi connectivity index (χ0v) is 16.1. The molecule has 0 aromatic heterocycles. The molecule has 1 heterocycles. The zero-order valence-electron chi connectivity index (χ0n) is 15.3. The van der Waals surface area contributed by atoms with Gasteiger partial charge in [0.2, 0.25) is 5.91 Å². The van der Waals surface area contributed by atoms with E-state index in [1.807, 2.05) is 6.92 Å². The molecule has 2 aromatic rings. The first-order valence-electron chi connectivity index (χ1n) is 8.37. The molecule has 8 heteroatoms. The lowest BCUT2D eigenvalue weighted by atomic mass is 10.1. The molecule has 0 unspecified atom stereocenters. The summed E-state index contributed by atoms with van der Waals surface area (Å²) >= 11 is 0. The average Bonchev–Trinajstić information content (AvgIpc) is 2.93. The minimum Gasteiger partial charge on any atom is -0.349 e. The highest BCUT2D eigenvalue weighted by atomic mass is 32.2. The predicted molar refractivity (Wildman–Crippen MR) is 100 cm³/mol. The summed E-state index contributed by atoms with van der Waals surface area (Å²) in [6, 6.07) is 12.3. The number of sulfonamides is 1. The lowest BCUT2D eigenvalue weighted by Crippen LogP contribution is -2.40. The predicted octanol–water partition coefficient (Wildman–Crippen LogP) is 2.43. The van der Waals surface area contributed by atoms with E-state index < -0.39 is 10.0 Å². The molecule has 0 N–H and O–H groups in total. The highest BCUT2D eigenvalue weighted by Gasteiger charge is 2.31. The summed E-state index contributed by atoms with van der Waals surface area (Å²) < 4.78 is 41.2. The van der Waals surface area contributed by atoms with Crippen LogP contribution < -0.4 is 0 Å². The fourth-order valence-electron chi connectivity index (χ4n) is 2.93. The summed E-state index contributed by atoms with van der Waals surface area (Å²) in [4.78, 5) is 15.9. The second-order valence-corrected chi connectivity index (χ2v) is 8.05. The number of hydrogen-bond acceptors (Lipinski definition) is 4. The monoisotopic (exact) mass is 389 g/mol. The van der Waals surface area contributed by atoms with Gasteiger partial charge in [0.1, 0.15) is 10.7 Å². The quantitative estimate of drug-likeness (QED) is 0.805. The first-order chi connectivity index (χ1) is 12.7. The normalized spacial score (nSPS) is 15.6. The molecule has 0 spiro atoms. The van der Waals surface area contributed by atoms with Crippen molar-refractivity contribution in [1.82, 2.24) is 9.80 Å². The maximum Gasteiger partial charge on any atom is 0.285 e. The van der Waals surface area contributed by atoms with Crippen LogP contribution >= 0.6 is 0 Å². The van der Waals surface area contributed by atoms with Gasteiger partial charge in [-0.15, -0.1) is 4.40 Å². The average molecular weight is 389 g/mol. The third kappa shape index (κ3) is 3.71. The van der Waals surface area contributed by atoms with Gasteiger partial charge >= 0.3 is 0 Å². The van der Waals surface area contributed by atoms with Crippen molar-refractivity contribution in [2.24, 2.45) is 4.40 Å². The number of benzene rings is 2. The van der Waals surface area contributed by atoms with Crippen LogP contribution in [0.2, 0.25) is 0 Å². The Morgan fingerprint density at radius 2 is 1.74 bits per heavy atom. The summed E-state index contributed by atoms with van der Waals surface area (Å²) in [6.45, 7) is 1.81. The first kappa shape index (κ1) is 19.0. The van der Waals surface area contributed by atoms with Crippen molar-refractivity contribution in [3.8, 4) is 0 Å². The summed E-state index contributed by atoms with van der Waals surface area (Å²) in [5, 5.41) is 0. The van der Waals surface area contributed by atoms with E-state index in [9.17, 15) is 17.6 Å². The fraction of sp³-hybridized carbons (Fsp3) is 0.263. The Morgan fingerprint density at radius 1 is 1.11 bits per heavy atom. The van der Waals surface area contributed by atoms with Crippen molar-refractivity contribution in [2.75, 3.05) is 20.6 Å². The van der Waals surface area contributed by atoms with Crippen molar-refractivity contribution in [1.29, 1.82) is 0 Å². The molecule has 0 saturated heterocycles. The van der Waals surface area contributed by atoms with E-state index in [2.05, 4.69) is 4.40 Å². The molecule has 1 atom stereocenters. The molecule has 1 aliphatic heterocycles. The standard InChI is InChI=1S/C19H20FN3O3S/c1-13(14-8-10-15(20)11-9-14)23(3)18(24)12-22(2)19-16-6-4-5-7-17(16)27(25,26)21-19/h4-11,13H,12H2,1-3H3/t13-/m1/s1. The number of fused-ring (bicyclic) bond motifs is 1. The molecule has 142 valence electrons. The molecule has 6 nitrogen and oxygen atoms in total. The van der Waals surface area contributed by atoms with Gasteiger partial charge in [-0.3, -0.25) is 4.79 Å². The van der Waals surface area contributed by atoms with Gasteiger partial charge in [-0.1, -0.05) is 24.3 Å². The number of nitrogens with zero attached hydrogens (tertiary/aromatic N) is 3. The highest BCUT2D eigenvalue weighted by Crippen LogP contribution is 2.27. The number of amidine groups is 1. The Balaban J connectivity index is 1.75. The van der Waals surface area contributed by atoms with Crippen molar-refractivity contribution < 1.29 is 17.6 Å². The van der Waals surface area contributed by atoms with Crippen LogP contribution in [0.3, 0.4) is 0 Å². The van der Waals surface area contributed by atoms with Gasteiger partial charge in [0.15, 0.2) is 5.84 Å². The first-order valence-corrected chi connectivity index (χ1v) is 9.81. The molecule has 1 amide bonds. The van der Waals surface area contributed by atoms with Gasteiger partial charge in [0.05, 0.1) is 12.6 Å². The van der Waals surface area contributed by atoms with Gasteiger partial charge < -0.3 is 9.80 Å². The van der Waals surface area contributed by atoms with E-state index in [0.717, 1.165) is 5.56 Å². The maximum atomic E-state index is 13.1. The van der Waals surface area contributed by atoms with Crippen LogP contribution in [0.15, 0.2) is 57.8 Å². The summed E-state index contributed by atoms with van der Waals surface area (Å²) in [7, 11) is -0.446. The SMILES string of the molecule is C[C@H](c1ccc(F)cc1)N(C)C(=O)CN(C)C1=NS(=O)(=O)c2ccccc21. The number of likely N-dealkylation sites (N-methyl/N-ethyl adjacent to an activating group) is 2. The highest BCUT2D eigenvalue weighted by molar-refractivity contribution is 7.90. The van der Waals surface area contributed by atoms with Crippen LogP contribution in [0.25, 0.3) is 0 Å². The van der Waals surface area contributed by atoms with E-state index >= 15 is 0 Å². The molecule has 0 radical (unpaired) electrons. The summed E-state index contributed by atoms with van der Waals surface area (Å²) in [5.41, 5.74) is 1.29. The van der Waals surface area contributed by atoms with E-state index in [1.165, 1.54) is 23.1 Å². The smallest absolute Gasteiger partial charge is 0.285 e. The summed E-state index contributed by atoms with van der Waals surface area (Å²) in [5.74, 6) is -0.292. The second-order valence-electron chi connectivity index (χ2n) is 6.47. The molecule has 0 fully saturated rings. The van der Waals surface area contributed by atoms with Crippen LogP contribution in [-0.4, -0.2) is 50.6 Å². The third-order valence-corrected chi connectivity index (χ3v) is 6.00. The van der Waals surface area contributed by atoms with Crippen molar-refractivity contribution in [3.05, 3.63) is 65.5 Å². The lowest BCUT2D eigenvalue weighted by molar-refractivity contribution is -0.131. The van der Waals surface area contributed by atoms with Crippen molar-refractivity contribution >= 4 is 21.8 Å². The minimum absolute atomic E-state index is 0.0370. The molecule has 27 heavy (non-hydrogen) atoms. The summed E-state index contributed by atoms with van der Waals surface area (Å²) in [6.07, 6.45) is 0. The minimum atomic E-state index is -3.73. The van der Waals surface area contributed by atoms with Crippen molar-refractivity contribution in [2.45, 2.75) is 17.9 Å². The van der Waals surface area contributed by atoms with Gasteiger partial charge in [0, 0.05) is 19.7 Å². The Morgan fingerprint density at radius 3 is 2.41 bits per heavy atom. The molecule has 2 aromatic carbocycles. The van der Waals surface area contributed by atoms with Crippen LogP contribution in [0.4, 0.5) is 4.39 Å². The molecule has 0 bridgehead atoms. The van der Waals surface area contributed by atoms with Crippen LogP contribution in [0, 0.1) is 5.82 Å². The number of halogens is 1. The van der Waals surface area contributed by atoms with Crippen LogP contribution in [0.5, 0.6) is 0 Å². The lowest BCUT2D eigenvalue weighted by Gasteiger charge is -2.28. The number of amides is 1. The second kappa shape index (κ2) is 7.11. The Kier molecular flexibility index (Phi) is 5.01. The van der Waals surface area contributed by atoms with E-state index in [1.54, 1.807) is 49.3 Å². The topological polar surface area (TPSA) is 70.1 Å². The molecule has 1 aliphatic rings. The molecule has 0 saturated carbocycles. The number of carbonyl (C=O) groups is 1. The largest absolute Gasteiger partial charge is 0.349 e. The third-order valence-electron chi connectivity index (χ3n) is 4.67. The molecule has 0 aliphatic carbocycles. The zero-order chi connectivity index (χ0) is 19.8. The van der Waals surface area contributed by atoms with E-state index in [4.69, 9.17) is 0 Å². The van der Waals surface area contributed by atoms with Gasteiger partial charge in [0.25, 0.3) is 10.0 Å². The molecular weight excluding hydrogens is 369 g/mol. The number of hydrogen-bond donors (Lipinski definition) is 0.